The number of carbonyl (C=O) groups is 1. The Morgan fingerprint density at radius 3 is 2.79 bits per heavy atom. The minimum Gasteiger partial charge on any atom is -0.485 e. The molecule has 0 amide bonds. The quantitative estimate of drug-likeness (QED) is 0.524. The standard InChI is InChI=1S/C16H20ClN3O3S/c1-4-20-14(9-23-13-7-6-12(17)8-11(13)3)18-19-16(20)24-10-15(21)22-5-2/h6-8H,4-5,9-10H2,1-3H3. The molecule has 0 fully saturated rings. The van der Waals surface area contributed by atoms with Gasteiger partial charge in [-0.05, 0) is 44.5 Å². The van der Waals surface area contributed by atoms with Crippen LogP contribution in [0, 0.1) is 6.92 Å². The number of ether oxygens (including phenoxy) is 2. The number of aromatic nitrogens is 3. The van der Waals surface area contributed by atoms with E-state index in [1.165, 1.54) is 11.8 Å². The van der Waals surface area contributed by atoms with Crippen LogP contribution in [0.4, 0.5) is 0 Å². The van der Waals surface area contributed by atoms with Crippen LogP contribution >= 0.6 is 23.4 Å². The SMILES string of the molecule is CCOC(=O)CSc1nnc(COc2ccc(Cl)cc2C)n1CC. The predicted molar refractivity (Wildman–Crippen MR) is 93.6 cm³/mol. The first-order chi connectivity index (χ1) is 11.5. The van der Waals surface area contributed by atoms with Crippen molar-refractivity contribution in [2.75, 3.05) is 12.4 Å². The first-order valence-electron chi connectivity index (χ1n) is 7.64. The van der Waals surface area contributed by atoms with E-state index in [0.29, 0.717) is 35.8 Å². The molecule has 0 radical (unpaired) electrons. The summed E-state index contributed by atoms with van der Waals surface area (Å²) in [7, 11) is 0. The molecule has 6 nitrogen and oxygen atoms in total. The van der Waals surface area contributed by atoms with Gasteiger partial charge < -0.3 is 14.0 Å². The molecule has 2 aromatic rings. The second-order valence-electron chi connectivity index (χ2n) is 4.94. The molecule has 0 unspecified atom stereocenters. The van der Waals surface area contributed by atoms with Crippen molar-refractivity contribution in [1.82, 2.24) is 14.8 Å². The molecule has 0 saturated carbocycles. The summed E-state index contributed by atoms with van der Waals surface area (Å²) >= 11 is 7.25. The maximum absolute atomic E-state index is 11.5. The number of benzene rings is 1. The molecule has 130 valence electrons. The van der Waals surface area contributed by atoms with Gasteiger partial charge in [0.25, 0.3) is 0 Å². The largest absolute Gasteiger partial charge is 0.485 e. The Morgan fingerprint density at radius 2 is 2.12 bits per heavy atom. The van der Waals surface area contributed by atoms with Crippen LogP contribution in [0.15, 0.2) is 23.4 Å². The fourth-order valence-corrected chi connectivity index (χ4v) is 3.14. The van der Waals surface area contributed by atoms with Gasteiger partial charge in [0.1, 0.15) is 12.4 Å². The molecule has 24 heavy (non-hydrogen) atoms. The zero-order valence-electron chi connectivity index (χ0n) is 13.9. The number of esters is 1. The summed E-state index contributed by atoms with van der Waals surface area (Å²) in [6.07, 6.45) is 0. The monoisotopic (exact) mass is 369 g/mol. The highest BCUT2D eigenvalue weighted by Gasteiger charge is 2.14. The van der Waals surface area contributed by atoms with E-state index in [0.717, 1.165) is 11.3 Å². The highest BCUT2D eigenvalue weighted by Crippen LogP contribution is 2.23. The molecule has 1 aromatic heterocycles. The maximum Gasteiger partial charge on any atom is 0.316 e. The lowest BCUT2D eigenvalue weighted by Crippen LogP contribution is -2.10. The van der Waals surface area contributed by atoms with Gasteiger partial charge in [0.15, 0.2) is 11.0 Å². The Labute approximate surface area is 150 Å². The molecular weight excluding hydrogens is 350 g/mol. The molecular formula is C16H20ClN3O3S. The minimum atomic E-state index is -0.261. The molecule has 1 aromatic carbocycles. The van der Waals surface area contributed by atoms with Crippen LogP contribution in [-0.2, 0) is 22.7 Å². The summed E-state index contributed by atoms with van der Waals surface area (Å²) in [4.78, 5) is 11.5. The lowest BCUT2D eigenvalue weighted by atomic mass is 10.2. The molecule has 0 aliphatic rings. The van der Waals surface area contributed by atoms with Gasteiger partial charge in [-0.25, -0.2) is 0 Å². The Morgan fingerprint density at radius 1 is 1.33 bits per heavy atom. The predicted octanol–water partition coefficient (Wildman–Crippen LogP) is 3.49. The van der Waals surface area contributed by atoms with E-state index < -0.39 is 0 Å². The van der Waals surface area contributed by atoms with Crippen molar-refractivity contribution in [3.05, 3.63) is 34.6 Å². The zero-order chi connectivity index (χ0) is 17.5. The van der Waals surface area contributed by atoms with Crippen LogP contribution in [0.1, 0.15) is 25.2 Å². The molecule has 0 spiro atoms. The number of aryl methyl sites for hydroxylation is 1. The van der Waals surface area contributed by atoms with Crippen molar-refractivity contribution >= 4 is 29.3 Å². The number of carbonyl (C=O) groups excluding carboxylic acids is 1. The Bertz CT molecular complexity index is 706. The number of halogens is 1. The molecule has 0 saturated heterocycles. The molecule has 0 N–H and O–H groups in total. The summed E-state index contributed by atoms with van der Waals surface area (Å²) < 4.78 is 12.7. The first-order valence-corrected chi connectivity index (χ1v) is 9.01. The van der Waals surface area contributed by atoms with Gasteiger partial charge in [-0.3, -0.25) is 4.79 Å². The van der Waals surface area contributed by atoms with Gasteiger partial charge >= 0.3 is 5.97 Å². The van der Waals surface area contributed by atoms with Gasteiger partial charge in [0.2, 0.25) is 0 Å². The molecule has 0 bridgehead atoms. The van der Waals surface area contributed by atoms with Gasteiger partial charge in [-0.1, -0.05) is 23.4 Å². The second kappa shape index (κ2) is 8.94. The number of thioether (sulfide) groups is 1. The van der Waals surface area contributed by atoms with E-state index >= 15 is 0 Å². The van der Waals surface area contributed by atoms with Gasteiger partial charge in [0, 0.05) is 11.6 Å². The highest BCUT2D eigenvalue weighted by atomic mass is 35.5. The van der Waals surface area contributed by atoms with Crippen molar-refractivity contribution in [2.45, 2.75) is 39.1 Å². The molecule has 0 aliphatic heterocycles. The van der Waals surface area contributed by atoms with E-state index in [1.807, 2.05) is 30.5 Å². The smallest absolute Gasteiger partial charge is 0.316 e. The van der Waals surface area contributed by atoms with E-state index in [2.05, 4.69) is 10.2 Å². The average Bonchev–Trinajstić information content (AvgIpc) is 2.94. The normalized spacial score (nSPS) is 10.7. The third-order valence-corrected chi connectivity index (χ3v) is 4.40. The first kappa shape index (κ1) is 18.6. The molecule has 1 heterocycles. The fourth-order valence-electron chi connectivity index (χ4n) is 2.09. The van der Waals surface area contributed by atoms with Crippen LogP contribution in [-0.4, -0.2) is 33.1 Å². The third kappa shape index (κ3) is 4.88. The van der Waals surface area contributed by atoms with Crippen LogP contribution in [0.25, 0.3) is 0 Å². The van der Waals surface area contributed by atoms with Crippen molar-refractivity contribution in [2.24, 2.45) is 0 Å². The lowest BCUT2D eigenvalue weighted by Gasteiger charge is -2.10. The number of hydrogen-bond donors (Lipinski definition) is 0. The van der Waals surface area contributed by atoms with Crippen LogP contribution in [0.2, 0.25) is 5.02 Å². The van der Waals surface area contributed by atoms with Gasteiger partial charge in [-0.2, -0.15) is 0 Å². The average molecular weight is 370 g/mol. The van der Waals surface area contributed by atoms with E-state index in [1.54, 1.807) is 13.0 Å². The summed E-state index contributed by atoms with van der Waals surface area (Å²) in [5.74, 6) is 1.41. The van der Waals surface area contributed by atoms with E-state index in [4.69, 9.17) is 21.1 Å². The molecule has 0 aliphatic carbocycles. The van der Waals surface area contributed by atoms with Crippen LogP contribution < -0.4 is 4.74 Å². The summed E-state index contributed by atoms with van der Waals surface area (Å²) in [6.45, 7) is 7.08. The molecule has 2 rings (SSSR count). The number of hydrogen-bond acceptors (Lipinski definition) is 6. The number of rotatable bonds is 8. The topological polar surface area (TPSA) is 66.2 Å². The highest BCUT2D eigenvalue weighted by molar-refractivity contribution is 7.99. The molecule has 8 heteroatoms. The van der Waals surface area contributed by atoms with Crippen molar-refractivity contribution in [1.29, 1.82) is 0 Å². The van der Waals surface area contributed by atoms with Crippen molar-refractivity contribution in [3.8, 4) is 5.75 Å². The van der Waals surface area contributed by atoms with Gasteiger partial charge in [0.05, 0.1) is 12.4 Å². The summed E-state index contributed by atoms with van der Waals surface area (Å²) in [5.41, 5.74) is 0.960. The number of nitrogens with zero attached hydrogens (tertiary/aromatic N) is 3. The zero-order valence-corrected chi connectivity index (χ0v) is 15.5. The summed E-state index contributed by atoms with van der Waals surface area (Å²) in [6, 6.07) is 5.47. The molecule has 0 atom stereocenters. The van der Waals surface area contributed by atoms with Crippen LogP contribution in [0.5, 0.6) is 5.75 Å². The van der Waals surface area contributed by atoms with Crippen LogP contribution in [0.3, 0.4) is 0 Å². The summed E-state index contributed by atoms with van der Waals surface area (Å²) in [5, 5.41) is 9.65. The Kier molecular flexibility index (Phi) is 6.93. The Balaban J connectivity index is 2.01. The minimum absolute atomic E-state index is 0.211. The lowest BCUT2D eigenvalue weighted by molar-refractivity contribution is -0.139. The Hall–Kier alpha value is -1.73. The fraction of sp³-hybridized carbons (Fsp3) is 0.438. The van der Waals surface area contributed by atoms with Crippen molar-refractivity contribution in [3.63, 3.8) is 0 Å². The van der Waals surface area contributed by atoms with Crippen molar-refractivity contribution < 1.29 is 14.3 Å². The second-order valence-corrected chi connectivity index (χ2v) is 6.31. The van der Waals surface area contributed by atoms with E-state index in [9.17, 15) is 4.79 Å². The van der Waals surface area contributed by atoms with Gasteiger partial charge in [-0.15, -0.1) is 10.2 Å². The maximum atomic E-state index is 11.5. The third-order valence-electron chi connectivity index (χ3n) is 3.23. The van der Waals surface area contributed by atoms with E-state index in [-0.39, 0.29) is 11.7 Å².